The Balaban J connectivity index is 2.48. The van der Waals surface area contributed by atoms with E-state index in [1.807, 2.05) is 38.3 Å². The monoisotopic (exact) mass is 368 g/mol. The third kappa shape index (κ3) is 3.82. The van der Waals surface area contributed by atoms with E-state index < -0.39 is 21.0 Å². The highest BCUT2D eigenvalue weighted by Crippen LogP contribution is 2.37. The fourth-order valence-electron chi connectivity index (χ4n) is 2.43. The summed E-state index contributed by atoms with van der Waals surface area (Å²) in [7, 11) is -3.90. The van der Waals surface area contributed by atoms with Gasteiger partial charge in [0.25, 0.3) is 5.69 Å². The molecule has 0 aliphatic heterocycles. The van der Waals surface area contributed by atoms with Crippen LogP contribution >= 0.6 is 11.3 Å². The largest absolute Gasteiger partial charge is 0.273 e. The Morgan fingerprint density at radius 1 is 1.21 bits per heavy atom. The molecule has 0 bridgehead atoms. The van der Waals surface area contributed by atoms with Crippen LogP contribution in [0.15, 0.2) is 40.6 Å². The third-order valence-electron chi connectivity index (χ3n) is 3.71. The maximum atomic E-state index is 12.9. The maximum absolute atomic E-state index is 12.9. The summed E-state index contributed by atoms with van der Waals surface area (Å²) in [5.74, 6) is 0. The Bertz CT molecular complexity index is 837. The second-order valence-corrected chi connectivity index (χ2v) is 9.25. The maximum Gasteiger partial charge on any atom is 0.273 e. The molecule has 0 amide bonds. The number of nitrogens with one attached hydrogen (secondary N) is 1. The molecule has 2 aromatic rings. The van der Waals surface area contributed by atoms with E-state index in [9.17, 15) is 18.5 Å². The number of nitro benzene ring substituents is 1. The van der Waals surface area contributed by atoms with Crippen molar-refractivity contribution in [1.29, 1.82) is 0 Å². The van der Waals surface area contributed by atoms with Gasteiger partial charge in [-0.1, -0.05) is 32.9 Å². The van der Waals surface area contributed by atoms with Gasteiger partial charge in [-0.15, -0.1) is 11.3 Å². The molecule has 6 nitrogen and oxygen atoms in total. The Morgan fingerprint density at radius 3 is 2.38 bits per heavy atom. The minimum absolute atomic E-state index is 0.0671. The topological polar surface area (TPSA) is 89.3 Å². The minimum atomic E-state index is -3.90. The molecular weight excluding hydrogens is 348 g/mol. The zero-order valence-electron chi connectivity index (χ0n) is 13.9. The molecule has 0 saturated carbocycles. The number of nitrogens with zero attached hydrogens (tertiary/aromatic N) is 1. The molecule has 0 radical (unpaired) electrons. The number of hydrogen-bond donors (Lipinski definition) is 1. The van der Waals surface area contributed by atoms with Crippen LogP contribution in [-0.2, 0) is 10.0 Å². The summed E-state index contributed by atoms with van der Waals surface area (Å²) in [5, 5.41) is 13.0. The number of hydrogen-bond acceptors (Lipinski definition) is 5. The predicted octanol–water partition coefficient (Wildman–Crippen LogP) is 4.03. The molecule has 0 saturated heterocycles. The van der Waals surface area contributed by atoms with Gasteiger partial charge in [0.15, 0.2) is 0 Å². The fraction of sp³-hybridized carbons (Fsp3) is 0.375. The van der Waals surface area contributed by atoms with Crippen molar-refractivity contribution >= 4 is 27.0 Å². The van der Waals surface area contributed by atoms with Crippen molar-refractivity contribution in [2.75, 3.05) is 0 Å². The lowest BCUT2D eigenvalue weighted by molar-refractivity contribution is -0.385. The van der Waals surface area contributed by atoms with Crippen molar-refractivity contribution in [3.05, 3.63) is 56.3 Å². The molecule has 1 N–H and O–H groups in total. The zero-order valence-corrected chi connectivity index (χ0v) is 15.6. The van der Waals surface area contributed by atoms with E-state index in [-0.39, 0.29) is 21.6 Å². The Kier molecular flexibility index (Phi) is 5.12. The minimum Gasteiger partial charge on any atom is -0.258 e. The van der Waals surface area contributed by atoms with E-state index in [2.05, 4.69) is 4.72 Å². The van der Waals surface area contributed by atoms with E-state index >= 15 is 0 Å². The van der Waals surface area contributed by atoms with Gasteiger partial charge in [-0.25, -0.2) is 13.1 Å². The Morgan fingerprint density at radius 2 is 1.88 bits per heavy atom. The average molecular weight is 368 g/mol. The first-order chi connectivity index (χ1) is 11.0. The number of benzene rings is 1. The van der Waals surface area contributed by atoms with Crippen molar-refractivity contribution in [3.63, 3.8) is 0 Å². The first kappa shape index (κ1) is 18.6. The molecule has 1 atom stereocenters. The van der Waals surface area contributed by atoms with Gasteiger partial charge >= 0.3 is 0 Å². The Labute approximate surface area is 145 Å². The van der Waals surface area contributed by atoms with Gasteiger partial charge in [0.05, 0.1) is 15.9 Å². The third-order valence-corrected chi connectivity index (χ3v) is 6.21. The highest BCUT2D eigenvalue weighted by atomic mass is 32.2. The van der Waals surface area contributed by atoms with Gasteiger partial charge in [0.2, 0.25) is 10.0 Å². The lowest BCUT2D eigenvalue weighted by Crippen LogP contribution is -2.36. The number of sulfonamides is 1. The first-order valence-electron chi connectivity index (χ1n) is 7.34. The molecule has 0 aliphatic rings. The molecular formula is C16H20N2O4S2. The van der Waals surface area contributed by atoms with Crippen LogP contribution in [0.5, 0.6) is 0 Å². The first-order valence-corrected chi connectivity index (χ1v) is 9.70. The SMILES string of the molecule is Cc1c([N+](=O)[O-])cccc1S(=O)(=O)NC(c1cccs1)C(C)(C)C. The molecule has 8 heteroatoms. The molecule has 1 heterocycles. The molecule has 2 rings (SSSR count). The van der Waals surface area contributed by atoms with Gasteiger partial charge in [0, 0.05) is 16.5 Å². The van der Waals surface area contributed by atoms with Gasteiger partial charge in [-0.2, -0.15) is 0 Å². The van der Waals surface area contributed by atoms with Gasteiger partial charge in [0.1, 0.15) is 0 Å². The molecule has 24 heavy (non-hydrogen) atoms. The van der Waals surface area contributed by atoms with Crippen molar-refractivity contribution in [3.8, 4) is 0 Å². The summed E-state index contributed by atoms with van der Waals surface area (Å²) >= 11 is 1.47. The van der Waals surface area contributed by atoms with E-state index in [1.54, 1.807) is 0 Å². The van der Waals surface area contributed by atoms with E-state index in [0.29, 0.717) is 0 Å². The summed E-state index contributed by atoms with van der Waals surface area (Å²) in [6.45, 7) is 7.28. The van der Waals surface area contributed by atoms with Crippen LogP contribution in [0.3, 0.4) is 0 Å². The smallest absolute Gasteiger partial charge is 0.258 e. The van der Waals surface area contributed by atoms with Crippen LogP contribution < -0.4 is 4.72 Å². The second-order valence-electron chi connectivity index (χ2n) is 6.59. The fourth-order valence-corrected chi connectivity index (χ4v) is 5.21. The number of rotatable bonds is 5. The van der Waals surface area contributed by atoms with Gasteiger partial charge < -0.3 is 0 Å². The summed E-state index contributed by atoms with van der Waals surface area (Å²) < 4.78 is 28.4. The highest BCUT2D eigenvalue weighted by Gasteiger charge is 2.33. The van der Waals surface area contributed by atoms with Crippen molar-refractivity contribution in [2.45, 2.75) is 38.6 Å². The van der Waals surface area contributed by atoms with Gasteiger partial charge in [-0.05, 0) is 29.9 Å². The summed E-state index contributed by atoms with van der Waals surface area (Å²) in [6, 6.07) is 7.39. The predicted molar refractivity (Wildman–Crippen MR) is 94.7 cm³/mol. The van der Waals surface area contributed by atoms with Gasteiger partial charge in [-0.3, -0.25) is 10.1 Å². The normalized spacial score (nSPS) is 13.7. The van der Waals surface area contributed by atoms with Crippen molar-refractivity contribution in [1.82, 2.24) is 4.72 Å². The molecule has 1 aromatic heterocycles. The molecule has 1 aromatic carbocycles. The zero-order chi connectivity index (χ0) is 18.1. The number of thiophene rings is 1. The molecule has 130 valence electrons. The summed E-state index contributed by atoms with van der Waals surface area (Å²) in [5.41, 5.74) is -0.429. The van der Waals surface area contributed by atoms with E-state index in [1.165, 1.54) is 36.5 Å². The summed E-state index contributed by atoms with van der Waals surface area (Å²) in [4.78, 5) is 11.3. The molecule has 0 fully saturated rings. The van der Waals surface area contributed by atoms with E-state index in [4.69, 9.17) is 0 Å². The van der Waals surface area contributed by atoms with Crippen LogP contribution in [0.1, 0.15) is 37.3 Å². The molecule has 1 unspecified atom stereocenters. The summed E-state index contributed by atoms with van der Waals surface area (Å²) in [6.07, 6.45) is 0. The van der Waals surface area contributed by atoms with Crippen LogP contribution in [0.25, 0.3) is 0 Å². The standard InChI is InChI=1S/C16H20N2O4S2/c1-11-12(18(19)20)7-5-9-14(11)24(21,22)17-15(16(2,3)4)13-8-6-10-23-13/h5-10,15,17H,1-4H3. The highest BCUT2D eigenvalue weighted by molar-refractivity contribution is 7.89. The molecule has 0 aliphatic carbocycles. The van der Waals surface area contributed by atoms with E-state index in [0.717, 1.165) is 4.88 Å². The van der Waals surface area contributed by atoms with Crippen LogP contribution in [0.2, 0.25) is 0 Å². The lowest BCUT2D eigenvalue weighted by atomic mass is 9.86. The van der Waals surface area contributed by atoms with Crippen molar-refractivity contribution in [2.24, 2.45) is 5.41 Å². The second kappa shape index (κ2) is 6.62. The van der Waals surface area contributed by atoms with Crippen molar-refractivity contribution < 1.29 is 13.3 Å². The van der Waals surface area contributed by atoms with Crippen LogP contribution in [0.4, 0.5) is 5.69 Å². The lowest BCUT2D eigenvalue weighted by Gasteiger charge is -2.30. The Hall–Kier alpha value is -1.77. The number of nitro groups is 1. The molecule has 0 spiro atoms. The quantitative estimate of drug-likeness (QED) is 0.637. The average Bonchev–Trinajstić information content (AvgIpc) is 2.97. The van der Waals surface area contributed by atoms with Crippen LogP contribution in [0, 0.1) is 22.5 Å². The van der Waals surface area contributed by atoms with Crippen LogP contribution in [-0.4, -0.2) is 13.3 Å².